The fourth-order valence-electron chi connectivity index (χ4n) is 1.81. The Balaban J connectivity index is 2.85. The van der Waals surface area contributed by atoms with Gasteiger partial charge in [0.05, 0.1) is 0 Å². The third kappa shape index (κ3) is 4.81. The van der Waals surface area contributed by atoms with Crippen LogP contribution in [0.15, 0.2) is 18.2 Å². The van der Waals surface area contributed by atoms with Crippen molar-refractivity contribution in [3.8, 4) is 0 Å². The van der Waals surface area contributed by atoms with Crippen molar-refractivity contribution in [1.82, 2.24) is 4.90 Å². The van der Waals surface area contributed by atoms with E-state index in [1.165, 1.54) is 17.9 Å². The molecule has 2 amide bonds. The van der Waals surface area contributed by atoms with E-state index in [0.29, 0.717) is 6.54 Å². The van der Waals surface area contributed by atoms with Crippen molar-refractivity contribution in [3.63, 3.8) is 0 Å². The number of anilines is 1. The van der Waals surface area contributed by atoms with Gasteiger partial charge >= 0.3 is 0 Å². The first-order valence-electron chi connectivity index (χ1n) is 6.84. The van der Waals surface area contributed by atoms with E-state index in [0.717, 1.165) is 29.9 Å². The lowest BCUT2D eigenvalue weighted by Gasteiger charge is -2.24. The van der Waals surface area contributed by atoms with Gasteiger partial charge in [-0.1, -0.05) is 13.3 Å². The smallest absolute Gasteiger partial charge is 0.242 e. The van der Waals surface area contributed by atoms with Crippen LogP contribution in [-0.4, -0.2) is 36.9 Å². The van der Waals surface area contributed by atoms with E-state index in [4.69, 9.17) is 0 Å². The third-order valence-electron chi connectivity index (χ3n) is 3.16. The minimum Gasteiger partial charge on any atom is -0.344 e. The lowest BCUT2D eigenvalue weighted by Crippen LogP contribution is -2.41. The molecule has 4 nitrogen and oxygen atoms in total. The molecular formula is C15H20F2N2O2. The van der Waals surface area contributed by atoms with Crippen molar-refractivity contribution < 1.29 is 18.4 Å². The van der Waals surface area contributed by atoms with Crippen LogP contribution in [0.3, 0.4) is 0 Å². The topological polar surface area (TPSA) is 40.6 Å². The molecule has 0 fully saturated rings. The van der Waals surface area contributed by atoms with E-state index in [-0.39, 0.29) is 18.1 Å². The number of halogens is 2. The van der Waals surface area contributed by atoms with Crippen LogP contribution >= 0.6 is 0 Å². The fraction of sp³-hybridized carbons (Fsp3) is 0.467. The van der Waals surface area contributed by atoms with E-state index in [2.05, 4.69) is 0 Å². The molecule has 21 heavy (non-hydrogen) atoms. The summed E-state index contributed by atoms with van der Waals surface area (Å²) in [6, 6.07) is 3.13. The predicted molar refractivity (Wildman–Crippen MR) is 76.9 cm³/mol. The zero-order valence-corrected chi connectivity index (χ0v) is 12.5. The number of hydrogen-bond donors (Lipinski definition) is 0. The lowest BCUT2D eigenvalue weighted by molar-refractivity contribution is -0.130. The quantitative estimate of drug-likeness (QED) is 0.810. The van der Waals surface area contributed by atoms with Gasteiger partial charge in [-0.05, 0) is 18.6 Å². The average molecular weight is 298 g/mol. The Morgan fingerprint density at radius 1 is 1.19 bits per heavy atom. The maximum atomic E-state index is 13.3. The summed E-state index contributed by atoms with van der Waals surface area (Å²) in [5, 5.41) is 0. The Labute approximate surface area is 123 Å². The highest BCUT2D eigenvalue weighted by Crippen LogP contribution is 2.18. The molecule has 0 saturated heterocycles. The molecule has 0 unspecified atom stereocenters. The molecule has 0 aliphatic heterocycles. The summed E-state index contributed by atoms with van der Waals surface area (Å²) in [5.41, 5.74) is 0.165. The first kappa shape index (κ1) is 17.1. The number of nitrogens with zero attached hydrogens (tertiary/aromatic N) is 2. The second-order valence-electron chi connectivity index (χ2n) is 4.87. The standard InChI is InChI=1S/C15H20F2N2O2/c1-4-5-8-18(3)15(21)10-19(11(2)20)12-6-7-13(16)14(17)9-12/h6-7,9H,4-5,8,10H2,1-3H3. The summed E-state index contributed by atoms with van der Waals surface area (Å²) in [6.45, 7) is 3.70. The number of amides is 2. The van der Waals surface area contributed by atoms with Crippen LogP contribution in [0.2, 0.25) is 0 Å². The van der Waals surface area contributed by atoms with Gasteiger partial charge in [-0.15, -0.1) is 0 Å². The summed E-state index contributed by atoms with van der Waals surface area (Å²) in [6.07, 6.45) is 1.82. The number of carbonyl (C=O) groups is 2. The first-order valence-corrected chi connectivity index (χ1v) is 6.84. The Kier molecular flexibility index (Phi) is 6.27. The summed E-state index contributed by atoms with van der Waals surface area (Å²) in [7, 11) is 1.65. The van der Waals surface area contributed by atoms with E-state index in [9.17, 15) is 18.4 Å². The van der Waals surface area contributed by atoms with Gasteiger partial charge in [0, 0.05) is 32.3 Å². The van der Waals surface area contributed by atoms with Crippen LogP contribution in [0, 0.1) is 11.6 Å². The highest BCUT2D eigenvalue weighted by molar-refractivity contribution is 5.97. The largest absolute Gasteiger partial charge is 0.344 e. The molecular weight excluding hydrogens is 278 g/mol. The van der Waals surface area contributed by atoms with Gasteiger partial charge in [-0.25, -0.2) is 8.78 Å². The molecule has 1 rings (SSSR count). The molecule has 1 aromatic rings. The van der Waals surface area contributed by atoms with Gasteiger partial charge in [0.25, 0.3) is 0 Å². The highest BCUT2D eigenvalue weighted by Gasteiger charge is 2.19. The van der Waals surface area contributed by atoms with Crippen molar-refractivity contribution in [2.45, 2.75) is 26.7 Å². The molecule has 1 aromatic carbocycles. The lowest BCUT2D eigenvalue weighted by atomic mass is 10.2. The summed E-state index contributed by atoms with van der Waals surface area (Å²) in [5.74, 6) is -2.69. The van der Waals surface area contributed by atoms with E-state index in [1.807, 2.05) is 6.92 Å². The number of carbonyl (C=O) groups excluding carboxylic acids is 2. The summed E-state index contributed by atoms with van der Waals surface area (Å²) in [4.78, 5) is 26.4. The molecule has 0 aliphatic rings. The van der Waals surface area contributed by atoms with Gasteiger partial charge in [0.1, 0.15) is 6.54 Å². The van der Waals surface area contributed by atoms with Crippen molar-refractivity contribution in [3.05, 3.63) is 29.8 Å². The van der Waals surface area contributed by atoms with Crippen molar-refractivity contribution in [2.75, 3.05) is 25.0 Å². The Hall–Kier alpha value is -1.98. The second-order valence-corrected chi connectivity index (χ2v) is 4.87. The fourth-order valence-corrected chi connectivity index (χ4v) is 1.81. The molecule has 0 heterocycles. The number of likely N-dealkylation sites (N-methyl/N-ethyl adjacent to an activating group) is 1. The first-order chi connectivity index (χ1) is 9.86. The zero-order chi connectivity index (χ0) is 16.0. The minimum absolute atomic E-state index is 0.165. The molecule has 0 aliphatic carbocycles. The summed E-state index contributed by atoms with van der Waals surface area (Å²) < 4.78 is 26.2. The van der Waals surface area contributed by atoms with Crippen LogP contribution in [0.25, 0.3) is 0 Å². The van der Waals surface area contributed by atoms with Gasteiger partial charge in [-0.3, -0.25) is 9.59 Å². The van der Waals surface area contributed by atoms with Crippen LogP contribution in [0.4, 0.5) is 14.5 Å². The second kappa shape index (κ2) is 7.71. The van der Waals surface area contributed by atoms with Crippen molar-refractivity contribution in [1.29, 1.82) is 0 Å². The monoisotopic (exact) mass is 298 g/mol. The third-order valence-corrected chi connectivity index (χ3v) is 3.16. The van der Waals surface area contributed by atoms with Crippen LogP contribution in [0.1, 0.15) is 26.7 Å². The van der Waals surface area contributed by atoms with Gasteiger partial charge in [0.2, 0.25) is 11.8 Å². The maximum Gasteiger partial charge on any atom is 0.242 e. The Morgan fingerprint density at radius 2 is 1.86 bits per heavy atom. The van der Waals surface area contributed by atoms with Gasteiger partial charge in [0.15, 0.2) is 11.6 Å². The molecule has 0 N–H and O–H groups in total. The highest BCUT2D eigenvalue weighted by atomic mass is 19.2. The molecule has 0 bridgehead atoms. The minimum atomic E-state index is -1.05. The summed E-state index contributed by atoms with van der Waals surface area (Å²) >= 11 is 0. The van der Waals surface area contributed by atoms with Crippen LogP contribution < -0.4 is 4.90 Å². The van der Waals surface area contributed by atoms with E-state index in [1.54, 1.807) is 7.05 Å². The Bertz CT molecular complexity index is 520. The van der Waals surface area contributed by atoms with Crippen LogP contribution in [-0.2, 0) is 9.59 Å². The molecule has 0 atom stereocenters. The Morgan fingerprint density at radius 3 is 2.38 bits per heavy atom. The number of hydrogen-bond acceptors (Lipinski definition) is 2. The number of unbranched alkanes of at least 4 members (excludes halogenated alkanes) is 1. The molecule has 0 radical (unpaired) electrons. The van der Waals surface area contributed by atoms with Crippen molar-refractivity contribution in [2.24, 2.45) is 0 Å². The molecule has 6 heteroatoms. The van der Waals surface area contributed by atoms with Gasteiger partial charge in [-0.2, -0.15) is 0 Å². The zero-order valence-electron chi connectivity index (χ0n) is 12.5. The molecule has 0 saturated carbocycles. The maximum absolute atomic E-state index is 13.3. The SMILES string of the molecule is CCCCN(C)C(=O)CN(C(C)=O)c1ccc(F)c(F)c1. The molecule has 116 valence electrons. The predicted octanol–water partition coefficient (Wildman–Crippen LogP) is 2.58. The van der Waals surface area contributed by atoms with Crippen LogP contribution in [0.5, 0.6) is 0 Å². The number of benzene rings is 1. The normalized spacial score (nSPS) is 10.3. The van der Waals surface area contributed by atoms with Crippen molar-refractivity contribution >= 4 is 17.5 Å². The number of rotatable bonds is 6. The average Bonchev–Trinajstić information content (AvgIpc) is 2.44. The molecule has 0 aromatic heterocycles. The van der Waals surface area contributed by atoms with Gasteiger partial charge < -0.3 is 9.80 Å². The molecule has 0 spiro atoms. The van der Waals surface area contributed by atoms with E-state index >= 15 is 0 Å². The van der Waals surface area contributed by atoms with E-state index < -0.39 is 17.5 Å².